The Bertz CT molecular complexity index is 983. The zero-order valence-corrected chi connectivity index (χ0v) is 15.8. The molecule has 3 rings (SSSR count). The standard InChI is InChI=1S/C19H14N2O4S2/c1-25-18(24)12-8-6-11(7-9-12)10-15-17(23)21(19(26)27-15)14-5-3-2-4-13(14)16(20)22/h2-10H,1H3,(H2,20,22)/b15-10-. The highest BCUT2D eigenvalue weighted by Gasteiger charge is 2.35. The number of ether oxygens (including phenoxy) is 1. The van der Waals surface area contributed by atoms with Crippen LogP contribution in [0.25, 0.3) is 6.08 Å². The van der Waals surface area contributed by atoms with Gasteiger partial charge in [0.15, 0.2) is 4.32 Å². The van der Waals surface area contributed by atoms with Crippen LogP contribution in [0.4, 0.5) is 5.69 Å². The van der Waals surface area contributed by atoms with Gasteiger partial charge in [0, 0.05) is 0 Å². The maximum Gasteiger partial charge on any atom is 0.337 e. The fourth-order valence-electron chi connectivity index (χ4n) is 2.54. The molecule has 1 aliphatic heterocycles. The number of amides is 2. The Balaban J connectivity index is 1.91. The summed E-state index contributed by atoms with van der Waals surface area (Å²) >= 11 is 6.46. The monoisotopic (exact) mass is 398 g/mol. The lowest BCUT2D eigenvalue weighted by atomic mass is 10.1. The molecular weight excluding hydrogens is 384 g/mol. The van der Waals surface area contributed by atoms with E-state index in [4.69, 9.17) is 18.0 Å². The summed E-state index contributed by atoms with van der Waals surface area (Å²) in [6, 6.07) is 13.2. The van der Waals surface area contributed by atoms with E-state index in [-0.39, 0.29) is 11.5 Å². The smallest absolute Gasteiger partial charge is 0.337 e. The van der Waals surface area contributed by atoms with Gasteiger partial charge >= 0.3 is 5.97 Å². The molecule has 1 saturated heterocycles. The number of nitrogens with zero attached hydrogens (tertiary/aromatic N) is 1. The Morgan fingerprint density at radius 1 is 1.15 bits per heavy atom. The Labute approximate surface area is 165 Å². The zero-order valence-electron chi connectivity index (χ0n) is 14.2. The molecule has 2 N–H and O–H groups in total. The van der Waals surface area contributed by atoms with Gasteiger partial charge in [-0.1, -0.05) is 48.2 Å². The lowest BCUT2D eigenvalue weighted by Crippen LogP contribution is -2.30. The molecule has 0 atom stereocenters. The number of thiocarbonyl (C=S) groups is 1. The fraction of sp³-hybridized carbons (Fsp3) is 0.0526. The van der Waals surface area contributed by atoms with Crippen LogP contribution in [-0.4, -0.2) is 29.2 Å². The molecule has 1 heterocycles. The molecule has 136 valence electrons. The normalized spacial score (nSPS) is 15.3. The summed E-state index contributed by atoms with van der Waals surface area (Å²) in [6.07, 6.45) is 1.67. The van der Waals surface area contributed by atoms with Crippen LogP contribution in [0.3, 0.4) is 0 Å². The van der Waals surface area contributed by atoms with E-state index in [1.807, 2.05) is 0 Å². The molecule has 0 unspecified atom stereocenters. The number of carbonyl (C=O) groups excluding carboxylic acids is 3. The van der Waals surface area contributed by atoms with E-state index in [0.29, 0.717) is 20.5 Å². The van der Waals surface area contributed by atoms with E-state index in [1.165, 1.54) is 12.0 Å². The molecule has 1 fully saturated rings. The Morgan fingerprint density at radius 2 is 1.81 bits per heavy atom. The van der Waals surface area contributed by atoms with Crippen LogP contribution in [0.2, 0.25) is 0 Å². The van der Waals surface area contributed by atoms with Gasteiger partial charge in [0.25, 0.3) is 11.8 Å². The van der Waals surface area contributed by atoms with Crippen LogP contribution in [0.5, 0.6) is 0 Å². The van der Waals surface area contributed by atoms with Crippen LogP contribution in [0.15, 0.2) is 53.4 Å². The molecule has 0 aromatic heterocycles. The predicted octanol–water partition coefficient (Wildman–Crippen LogP) is 2.98. The van der Waals surface area contributed by atoms with E-state index in [0.717, 1.165) is 17.3 Å². The maximum absolute atomic E-state index is 12.8. The van der Waals surface area contributed by atoms with Crippen molar-refractivity contribution in [1.29, 1.82) is 0 Å². The number of primary amides is 1. The minimum Gasteiger partial charge on any atom is -0.465 e. The molecule has 0 bridgehead atoms. The first-order valence-corrected chi connectivity index (χ1v) is 9.00. The Kier molecular flexibility index (Phi) is 5.38. The van der Waals surface area contributed by atoms with E-state index in [9.17, 15) is 14.4 Å². The van der Waals surface area contributed by atoms with Gasteiger partial charge in [-0.3, -0.25) is 14.5 Å². The lowest BCUT2D eigenvalue weighted by Gasteiger charge is -2.17. The van der Waals surface area contributed by atoms with Crippen molar-refractivity contribution in [3.05, 3.63) is 70.1 Å². The summed E-state index contributed by atoms with van der Waals surface area (Å²) < 4.78 is 4.97. The Morgan fingerprint density at radius 3 is 2.44 bits per heavy atom. The van der Waals surface area contributed by atoms with Crippen LogP contribution in [0.1, 0.15) is 26.3 Å². The number of rotatable bonds is 4. The summed E-state index contributed by atoms with van der Waals surface area (Å²) in [5.41, 5.74) is 7.12. The minimum absolute atomic E-state index is 0.220. The van der Waals surface area contributed by atoms with Crippen LogP contribution < -0.4 is 10.6 Å². The molecule has 0 radical (unpaired) electrons. The number of methoxy groups -OCH3 is 1. The minimum atomic E-state index is -0.637. The molecule has 1 aliphatic rings. The predicted molar refractivity (Wildman–Crippen MR) is 108 cm³/mol. The van der Waals surface area contributed by atoms with Crippen molar-refractivity contribution in [2.24, 2.45) is 5.73 Å². The summed E-state index contributed by atoms with van der Waals surface area (Å²) in [6.45, 7) is 0. The van der Waals surface area contributed by atoms with Crippen molar-refractivity contribution < 1.29 is 19.1 Å². The highest BCUT2D eigenvalue weighted by molar-refractivity contribution is 8.27. The van der Waals surface area contributed by atoms with Crippen LogP contribution >= 0.6 is 24.0 Å². The first kappa shape index (κ1) is 18.8. The van der Waals surface area contributed by atoms with Crippen LogP contribution in [0, 0.1) is 0 Å². The quantitative estimate of drug-likeness (QED) is 0.484. The molecule has 0 saturated carbocycles. The number of hydrogen-bond donors (Lipinski definition) is 1. The van der Waals surface area contributed by atoms with Gasteiger partial charge in [0.2, 0.25) is 0 Å². The van der Waals surface area contributed by atoms with Gasteiger partial charge in [0.1, 0.15) is 0 Å². The highest BCUT2D eigenvalue weighted by Crippen LogP contribution is 2.37. The number of thioether (sulfide) groups is 1. The highest BCUT2D eigenvalue weighted by atomic mass is 32.2. The number of nitrogens with two attached hydrogens (primary N) is 1. The first-order valence-electron chi connectivity index (χ1n) is 7.77. The molecule has 2 amide bonds. The third-order valence-electron chi connectivity index (χ3n) is 3.83. The van der Waals surface area contributed by atoms with Crippen molar-refractivity contribution in [1.82, 2.24) is 0 Å². The van der Waals surface area contributed by atoms with Crippen molar-refractivity contribution in [2.75, 3.05) is 12.0 Å². The average Bonchev–Trinajstić information content (AvgIpc) is 2.94. The number of anilines is 1. The van der Waals surface area contributed by atoms with Gasteiger partial charge < -0.3 is 10.5 Å². The van der Waals surface area contributed by atoms with Crippen molar-refractivity contribution in [3.63, 3.8) is 0 Å². The molecule has 0 aliphatic carbocycles. The summed E-state index contributed by atoms with van der Waals surface area (Å²) in [5, 5.41) is 0. The third-order valence-corrected chi connectivity index (χ3v) is 5.14. The van der Waals surface area contributed by atoms with Crippen molar-refractivity contribution in [3.8, 4) is 0 Å². The molecule has 6 nitrogen and oxygen atoms in total. The first-order chi connectivity index (χ1) is 12.9. The van der Waals surface area contributed by atoms with Gasteiger partial charge in [0.05, 0.1) is 28.8 Å². The average molecular weight is 398 g/mol. The van der Waals surface area contributed by atoms with Crippen LogP contribution in [-0.2, 0) is 9.53 Å². The lowest BCUT2D eigenvalue weighted by molar-refractivity contribution is -0.113. The Hall–Kier alpha value is -2.97. The van der Waals surface area contributed by atoms with Gasteiger partial charge in [-0.25, -0.2) is 4.79 Å². The van der Waals surface area contributed by atoms with E-state index >= 15 is 0 Å². The van der Waals surface area contributed by atoms with E-state index < -0.39 is 11.9 Å². The van der Waals surface area contributed by atoms with Crippen molar-refractivity contribution >= 4 is 57.8 Å². The number of para-hydroxylation sites is 1. The second kappa shape index (κ2) is 7.73. The number of benzene rings is 2. The van der Waals surface area contributed by atoms with E-state index in [2.05, 4.69) is 4.74 Å². The second-order valence-electron chi connectivity index (χ2n) is 5.51. The molecule has 0 spiro atoms. The summed E-state index contributed by atoms with van der Waals surface area (Å²) in [7, 11) is 1.31. The number of carbonyl (C=O) groups is 3. The molecule has 2 aromatic carbocycles. The zero-order chi connectivity index (χ0) is 19.6. The maximum atomic E-state index is 12.8. The fourth-order valence-corrected chi connectivity index (χ4v) is 3.82. The molecule has 2 aromatic rings. The molecule has 27 heavy (non-hydrogen) atoms. The number of hydrogen-bond acceptors (Lipinski definition) is 6. The van der Waals surface area contributed by atoms with Gasteiger partial charge in [-0.15, -0.1) is 0 Å². The molecule has 8 heteroatoms. The van der Waals surface area contributed by atoms with Crippen molar-refractivity contribution in [2.45, 2.75) is 0 Å². The third kappa shape index (κ3) is 3.76. The topological polar surface area (TPSA) is 89.7 Å². The molecular formula is C19H14N2O4S2. The van der Waals surface area contributed by atoms with Gasteiger partial charge in [-0.05, 0) is 35.9 Å². The van der Waals surface area contributed by atoms with Gasteiger partial charge in [-0.2, -0.15) is 0 Å². The summed E-state index contributed by atoms with van der Waals surface area (Å²) in [5.74, 6) is -1.41. The second-order valence-corrected chi connectivity index (χ2v) is 7.19. The van der Waals surface area contributed by atoms with E-state index in [1.54, 1.807) is 54.6 Å². The largest absolute Gasteiger partial charge is 0.465 e. The number of esters is 1. The SMILES string of the molecule is COC(=O)c1ccc(/C=C2\SC(=S)N(c3ccccc3C(N)=O)C2=O)cc1. The summed E-state index contributed by atoms with van der Waals surface area (Å²) in [4.78, 5) is 37.7.